The van der Waals surface area contributed by atoms with Gasteiger partial charge in [0.05, 0.1) is 18.8 Å². The molecule has 7 nitrogen and oxygen atoms in total. The van der Waals surface area contributed by atoms with Gasteiger partial charge in [-0.05, 0) is 69.9 Å². The summed E-state index contributed by atoms with van der Waals surface area (Å²) in [5.74, 6) is 0.702. The average molecular weight is 479 g/mol. The third-order valence-corrected chi connectivity index (χ3v) is 8.04. The summed E-state index contributed by atoms with van der Waals surface area (Å²) in [7, 11) is 0. The summed E-state index contributed by atoms with van der Waals surface area (Å²) in [4.78, 5) is 29.7. The Morgan fingerprint density at radius 3 is 2.37 bits per heavy atom. The largest absolute Gasteiger partial charge is 0.494 e. The molecule has 188 valence electrons. The number of hydrogen-bond donors (Lipinski definition) is 1. The van der Waals surface area contributed by atoms with E-state index in [4.69, 9.17) is 9.84 Å². The normalized spacial score (nSPS) is 23.7. The van der Waals surface area contributed by atoms with E-state index in [2.05, 4.69) is 5.32 Å². The van der Waals surface area contributed by atoms with Crippen molar-refractivity contribution in [2.24, 2.45) is 0 Å². The number of rotatable bonds is 6. The highest BCUT2D eigenvalue weighted by atomic mass is 16.5. The SMILES string of the molecule is CCOc1ccc(-c2cc3n(n2)CC(C)(C(=O)NC2CCCCC2)N(C2CCCCC2)C3=O)cc1. The van der Waals surface area contributed by atoms with Crippen LogP contribution >= 0.6 is 0 Å². The Labute approximate surface area is 208 Å². The van der Waals surface area contributed by atoms with Crippen LogP contribution in [0.3, 0.4) is 0 Å². The molecule has 0 bridgehead atoms. The van der Waals surface area contributed by atoms with Gasteiger partial charge in [-0.15, -0.1) is 0 Å². The van der Waals surface area contributed by atoms with Crippen LogP contribution in [0.5, 0.6) is 5.75 Å². The topological polar surface area (TPSA) is 76.5 Å². The fraction of sp³-hybridized carbons (Fsp3) is 0.607. The second-order valence-corrected chi connectivity index (χ2v) is 10.6. The van der Waals surface area contributed by atoms with Gasteiger partial charge in [-0.3, -0.25) is 14.3 Å². The van der Waals surface area contributed by atoms with E-state index in [9.17, 15) is 9.59 Å². The summed E-state index contributed by atoms with van der Waals surface area (Å²) in [5, 5.41) is 8.12. The summed E-state index contributed by atoms with van der Waals surface area (Å²) < 4.78 is 7.32. The van der Waals surface area contributed by atoms with Crippen molar-refractivity contribution in [2.45, 2.75) is 102 Å². The Kier molecular flexibility index (Phi) is 6.85. The highest BCUT2D eigenvalue weighted by Crippen LogP contribution is 2.36. The summed E-state index contributed by atoms with van der Waals surface area (Å²) in [6, 6.07) is 9.97. The number of amides is 2. The van der Waals surface area contributed by atoms with Crippen LogP contribution in [0.1, 0.15) is 88.5 Å². The maximum absolute atomic E-state index is 14.0. The maximum atomic E-state index is 14.0. The van der Waals surface area contributed by atoms with Gasteiger partial charge in [0.25, 0.3) is 5.91 Å². The van der Waals surface area contributed by atoms with E-state index >= 15 is 0 Å². The van der Waals surface area contributed by atoms with Gasteiger partial charge in [0.15, 0.2) is 0 Å². The fourth-order valence-corrected chi connectivity index (χ4v) is 6.13. The van der Waals surface area contributed by atoms with E-state index < -0.39 is 5.54 Å². The zero-order valence-corrected chi connectivity index (χ0v) is 21.1. The summed E-state index contributed by atoms with van der Waals surface area (Å²) in [5.41, 5.74) is 1.30. The molecule has 35 heavy (non-hydrogen) atoms. The first-order valence-corrected chi connectivity index (χ1v) is 13.5. The van der Waals surface area contributed by atoms with Gasteiger partial charge in [-0.1, -0.05) is 38.5 Å². The van der Waals surface area contributed by atoms with Crippen LogP contribution in [0, 0.1) is 0 Å². The highest BCUT2D eigenvalue weighted by molar-refractivity contribution is 6.00. The molecule has 7 heteroatoms. The van der Waals surface area contributed by atoms with Crippen LogP contribution in [0.2, 0.25) is 0 Å². The number of benzene rings is 1. The Morgan fingerprint density at radius 2 is 1.71 bits per heavy atom. The summed E-state index contributed by atoms with van der Waals surface area (Å²) in [6.07, 6.45) is 10.9. The van der Waals surface area contributed by atoms with Crippen molar-refractivity contribution in [3.05, 3.63) is 36.0 Å². The molecule has 1 aromatic heterocycles. The third-order valence-electron chi connectivity index (χ3n) is 8.04. The van der Waals surface area contributed by atoms with Gasteiger partial charge in [-0.25, -0.2) is 0 Å². The zero-order chi connectivity index (χ0) is 24.4. The van der Waals surface area contributed by atoms with E-state index in [-0.39, 0.29) is 23.9 Å². The number of ether oxygens (including phenoxy) is 1. The van der Waals surface area contributed by atoms with Gasteiger partial charge in [0.2, 0.25) is 5.91 Å². The lowest BCUT2D eigenvalue weighted by atomic mass is 9.86. The minimum absolute atomic E-state index is 0.0351. The minimum Gasteiger partial charge on any atom is -0.494 e. The molecule has 0 radical (unpaired) electrons. The van der Waals surface area contributed by atoms with Crippen LogP contribution in [-0.2, 0) is 11.3 Å². The molecule has 2 aliphatic carbocycles. The smallest absolute Gasteiger partial charge is 0.273 e. The standard InChI is InChI=1S/C28H38N4O3/c1-3-35-23-16-14-20(15-17-23)24-18-25-26(33)32(22-12-8-5-9-13-22)28(2,19-31(25)30-24)27(34)29-21-10-6-4-7-11-21/h14-18,21-22H,3-13,19H2,1-2H3,(H,29,34). The molecule has 0 saturated heterocycles. The zero-order valence-electron chi connectivity index (χ0n) is 21.1. The van der Waals surface area contributed by atoms with Crippen LogP contribution in [0.15, 0.2) is 30.3 Å². The number of carbonyl (C=O) groups is 2. The number of nitrogens with one attached hydrogen (secondary N) is 1. The number of hydrogen-bond acceptors (Lipinski definition) is 4. The monoisotopic (exact) mass is 478 g/mol. The quantitative estimate of drug-likeness (QED) is 0.638. The highest BCUT2D eigenvalue weighted by Gasteiger charge is 2.51. The molecule has 2 heterocycles. The maximum Gasteiger partial charge on any atom is 0.273 e. The van der Waals surface area contributed by atoms with Gasteiger partial charge < -0.3 is 15.0 Å². The molecule has 1 unspecified atom stereocenters. The molecular weight excluding hydrogens is 440 g/mol. The molecule has 2 amide bonds. The second kappa shape index (κ2) is 10.0. The molecule has 1 N–H and O–H groups in total. The van der Waals surface area contributed by atoms with Gasteiger partial charge in [-0.2, -0.15) is 5.10 Å². The minimum atomic E-state index is -0.953. The first-order chi connectivity index (χ1) is 17.0. The van der Waals surface area contributed by atoms with Gasteiger partial charge >= 0.3 is 0 Å². The lowest BCUT2D eigenvalue weighted by Gasteiger charge is -2.48. The van der Waals surface area contributed by atoms with Crippen molar-refractivity contribution in [3.63, 3.8) is 0 Å². The van der Waals surface area contributed by atoms with Crippen molar-refractivity contribution in [2.75, 3.05) is 6.61 Å². The third kappa shape index (κ3) is 4.69. The van der Waals surface area contributed by atoms with Crippen molar-refractivity contribution in [1.82, 2.24) is 20.0 Å². The van der Waals surface area contributed by atoms with Crippen LogP contribution in [-0.4, -0.2) is 50.7 Å². The first kappa shape index (κ1) is 23.9. The van der Waals surface area contributed by atoms with E-state index in [0.29, 0.717) is 18.8 Å². The Bertz CT molecular complexity index is 1050. The molecule has 1 aromatic carbocycles. The summed E-state index contributed by atoms with van der Waals surface area (Å²) >= 11 is 0. The number of nitrogens with zero attached hydrogens (tertiary/aromatic N) is 3. The molecule has 5 rings (SSSR count). The van der Waals surface area contributed by atoms with Crippen molar-refractivity contribution in [1.29, 1.82) is 0 Å². The first-order valence-electron chi connectivity index (χ1n) is 13.5. The van der Waals surface area contributed by atoms with Crippen molar-refractivity contribution < 1.29 is 14.3 Å². The van der Waals surface area contributed by atoms with Crippen LogP contribution in [0.25, 0.3) is 11.3 Å². The van der Waals surface area contributed by atoms with Crippen molar-refractivity contribution in [3.8, 4) is 17.0 Å². The van der Waals surface area contributed by atoms with Crippen LogP contribution < -0.4 is 10.1 Å². The molecule has 1 aliphatic heterocycles. The van der Waals surface area contributed by atoms with Crippen LogP contribution in [0.4, 0.5) is 0 Å². The Morgan fingerprint density at radius 1 is 1.06 bits per heavy atom. The Hall–Kier alpha value is -2.83. The molecule has 2 aromatic rings. The van der Waals surface area contributed by atoms with E-state index in [1.165, 1.54) is 12.8 Å². The molecule has 2 saturated carbocycles. The molecule has 0 spiro atoms. The fourth-order valence-electron chi connectivity index (χ4n) is 6.13. The predicted molar refractivity (Wildman–Crippen MR) is 135 cm³/mol. The lowest BCUT2D eigenvalue weighted by molar-refractivity contribution is -0.136. The van der Waals surface area contributed by atoms with E-state index in [1.54, 1.807) is 4.68 Å². The number of aromatic nitrogens is 2. The van der Waals surface area contributed by atoms with E-state index in [0.717, 1.165) is 68.4 Å². The molecular formula is C28H38N4O3. The number of carbonyl (C=O) groups excluding carboxylic acids is 2. The van der Waals surface area contributed by atoms with Gasteiger partial charge in [0, 0.05) is 17.6 Å². The molecule has 2 fully saturated rings. The van der Waals surface area contributed by atoms with Gasteiger partial charge in [0.1, 0.15) is 17.0 Å². The summed E-state index contributed by atoms with van der Waals surface area (Å²) in [6.45, 7) is 4.90. The second-order valence-electron chi connectivity index (χ2n) is 10.6. The molecule has 1 atom stereocenters. The van der Waals surface area contributed by atoms with Crippen molar-refractivity contribution >= 4 is 11.8 Å². The average Bonchev–Trinajstić information content (AvgIpc) is 3.30. The van der Waals surface area contributed by atoms with E-state index in [1.807, 2.05) is 49.1 Å². The Balaban J connectivity index is 1.47. The number of fused-ring (bicyclic) bond motifs is 1. The predicted octanol–water partition coefficient (Wildman–Crippen LogP) is 4.94. The lowest BCUT2D eigenvalue weighted by Crippen LogP contribution is -2.67. The molecule has 3 aliphatic rings.